The Hall–Kier alpha value is -1.96. The summed E-state index contributed by atoms with van der Waals surface area (Å²) in [6, 6.07) is 0. The highest BCUT2D eigenvalue weighted by molar-refractivity contribution is 6.28. The van der Waals surface area contributed by atoms with Crippen LogP contribution in [-0.2, 0) is 10.8 Å². The summed E-state index contributed by atoms with van der Waals surface area (Å²) >= 11 is 4.60. The average Bonchev–Trinajstić information content (AvgIpc) is 2.36. The molecule has 0 N–H and O–H groups in total. The summed E-state index contributed by atoms with van der Waals surface area (Å²) < 4.78 is 235. The van der Waals surface area contributed by atoms with Crippen LogP contribution in [0.4, 0.5) is 79.0 Å². The lowest BCUT2D eigenvalue weighted by Crippen LogP contribution is -2.66. The van der Waals surface area contributed by atoms with Crippen LogP contribution in [0, 0.1) is 0 Å². The monoisotopic (exact) mass is 551 g/mol. The highest BCUT2D eigenvalue weighted by atomic mass is 35.5. The Morgan fingerprint density at radius 1 is 0.364 bits per heavy atom. The van der Waals surface area contributed by atoms with Crippen molar-refractivity contribution < 1.29 is 79.0 Å². The second-order valence-corrected chi connectivity index (χ2v) is 6.08. The van der Waals surface area contributed by atoms with Crippen molar-refractivity contribution in [3.05, 3.63) is 16.9 Å². The first-order valence-corrected chi connectivity index (χ1v) is 7.31. The second-order valence-electron chi connectivity index (χ2n) is 5.74. The molecule has 0 aromatic carbocycles. The molecule has 0 radical (unpaired) electrons. The summed E-state index contributed by atoms with van der Waals surface area (Å²) in [6.07, 6.45) is -46.3. The van der Waals surface area contributed by atoms with Gasteiger partial charge < -0.3 is 0 Å². The average molecular weight is 552 g/mol. The van der Waals surface area contributed by atoms with Crippen molar-refractivity contribution in [2.24, 2.45) is 0 Å². The van der Waals surface area contributed by atoms with Crippen LogP contribution in [-0.4, -0.2) is 52.0 Å². The first-order valence-electron chi connectivity index (χ1n) is 6.93. The largest absolute Gasteiger partial charge is 0.419 e. The van der Waals surface area contributed by atoms with Crippen LogP contribution >= 0.6 is 11.6 Å². The standard InChI is InChI=1S/C11ClF18N3/c12-3-32-1(4(6(13,14)15,7(16,17)18)8(19,20)21)31-2(33-3)5(9(22,23)24,10(25,26)27)11(28,29)30. The molecule has 22 heteroatoms. The lowest BCUT2D eigenvalue weighted by Gasteiger charge is -2.39. The zero-order chi connectivity index (χ0) is 26.9. The molecule has 3 nitrogen and oxygen atoms in total. The van der Waals surface area contributed by atoms with Gasteiger partial charge in [0.2, 0.25) is 5.28 Å². The van der Waals surface area contributed by atoms with E-state index in [0.29, 0.717) is 0 Å². The maximum Gasteiger partial charge on any atom is 0.419 e. The molecular formula is C11ClF18N3. The van der Waals surface area contributed by atoms with Gasteiger partial charge in [-0.1, -0.05) is 0 Å². The van der Waals surface area contributed by atoms with E-state index in [2.05, 4.69) is 11.6 Å². The van der Waals surface area contributed by atoms with Gasteiger partial charge in [0.25, 0.3) is 0 Å². The van der Waals surface area contributed by atoms with E-state index in [1.54, 1.807) is 9.97 Å². The van der Waals surface area contributed by atoms with Crippen LogP contribution in [0.5, 0.6) is 0 Å². The van der Waals surface area contributed by atoms with Crippen LogP contribution in [0.1, 0.15) is 11.6 Å². The smallest absolute Gasteiger partial charge is 0.214 e. The fourth-order valence-corrected chi connectivity index (χ4v) is 2.57. The highest BCUT2D eigenvalue weighted by Crippen LogP contribution is 2.62. The summed E-state index contributed by atoms with van der Waals surface area (Å²) in [6.45, 7) is 0. The topological polar surface area (TPSA) is 38.7 Å². The second kappa shape index (κ2) is 7.52. The molecule has 0 unspecified atom stereocenters. The molecule has 1 aromatic rings. The zero-order valence-electron chi connectivity index (χ0n) is 14.0. The highest BCUT2D eigenvalue weighted by Gasteiger charge is 2.89. The molecule has 0 amide bonds. The number of alkyl halides is 18. The summed E-state index contributed by atoms with van der Waals surface area (Å²) in [5, 5.41) is -2.71. The van der Waals surface area contributed by atoms with E-state index in [1.165, 1.54) is 0 Å². The third-order valence-corrected chi connectivity index (χ3v) is 4.00. The van der Waals surface area contributed by atoms with Crippen molar-refractivity contribution in [3.8, 4) is 0 Å². The Balaban J connectivity index is 4.45. The number of rotatable bonds is 2. The van der Waals surface area contributed by atoms with Crippen LogP contribution in [0.2, 0.25) is 5.28 Å². The number of halogens is 19. The fraction of sp³-hybridized carbons (Fsp3) is 0.727. The van der Waals surface area contributed by atoms with E-state index in [9.17, 15) is 79.0 Å². The minimum absolute atomic E-state index is 1.15. The molecule has 0 aliphatic rings. The van der Waals surface area contributed by atoms with E-state index in [0.717, 1.165) is 4.98 Å². The first kappa shape index (κ1) is 29.1. The van der Waals surface area contributed by atoms with Gasteiger partial charge in [-0.15, -0.1) is 0 Å². The number of hydrogen-bond donors (Lipinski definition) is 0. The van der Waals surface area contributed by atoms with Gasteiger partial charge in [0.05, 0.1) is 0 Å². The van der Waals surface area contributed by atoms with E-state index in [-0.39, 0.29) is 0 Å². The van der Waals surface area contributed by atoms with Crippen molar-refractivity contribution in [2.75, 3.05) is 0 Å². The fourth-order valence-electron chi connectivity index (χ4n) is 2.41. The molecule has 0 fully saturated rings. The minimum Gasteiger partial charge on any atom is -0.214 e. The summed E-state index contributed by atoms with van der Waals surface area (Å²) in [7, 11) is 0. The number of aromatic nitrogens is 3. The Labute approximate surface area is 171 Å². The van der Waals surface area contributed by atoms with Crippen LogP contribution in [0.3, 0.4) is 0 Å². The molecule has 0 saturated carbocycles. The van der Waals surface area contributed by atoms with Crippen molar-refractivity contribution in [2.45, 2.75) is 47.9 Å². The molecule has 0 aliphatic heterocycles. The van der Waals surface area contributed by atoms with Crippen molar-refractivity contribution in [3.63, 3.8) is 0 Å². The number of hydrogen-bond acceptors (Lipinski definition) is 3. The number of nitrogens with zero attached hydrogens (tertiary/aromatic N) is 3. The normalized spacial score (nSPS) is 15.7. The van der Waals surface area contributed by atoms with E-state index in [4.69, 9.17) is 0 Å². The van der Waals surface area contributed by atoms with Crippen molar-refractivity contribution in [1.29, 1.82) is 0 Å². The molecule has 192 valence electrons. The quantitative estimate of drug-likeness (QED) is 0.401. The van der Waals surface area contributed by atoms with Crippen LogP contribution < -0.4 is 0 Å². The lowest BCUT2D eigenvalue weighted by molar-refractivity contribution is -0.391. The maximum atomic E-state index is 13.1. The van der Waals surface area contributed by atoms with E-state index >= 15 is 0 Å². The van der Waals surface area contributed by atoms with Gasteiger partial charge in [0, 0.05) is 0 Å². The Morgan fingerprint density at radius 2 is 0.545 bits per heavy atom. The molecule has 1 aromatic heterocycles. The van der Waals surface area contributed by atoms with Crippen molar-refractivity contribution >= 4 is 11.6 Å². The predicted octanol–water partition coefficient (Wildman–Crippen LogP) is 6.37. The molecular weight excluding hydrogens is 552 g/mol. The third-order valence-electron chi connectivity index (χ3n) is 3.83. The molecule has 0 saturated heterocycles. The Morgan fingerprint density at radius 3 is 0.697 bits per heavy atom. The first-order chi connectivity index (χ1) is 14.1. The summed E-state index contributed by atoms with van der Waals surface area (Å²) in [5.41, 5.74) is -14.9. The van der Waals surface area contributed by atoms with Gasteiger partial charge in [-0.3, -0.25) is 0 Å². The third kappa shape index (κ3) is 4.08. The zero-order valence-corrected chi connectivity index (χ0v) is 14.8. The molecule has 1 rings (SSSR count). The van der Waals surface area contributed by atoms with Crippen LogP contribution in [0.25, 0.3) is 0 Å². The van der Waals surface area contributed by atoms with Crippen molar-refractivity contribution in [1.82, 2.24) is 15.0 Å². The molecule has 0 bridgehead atoms. The maximum absolute atomic E-state index is 13.1. The SMILES string of the molecule is FC(F)(F)C(c1nc(Cl)nc(C(C(F)(F)F)(C(F)(F)F)C(F)(F)F)n1)(C(F)(F)F)C(F)(F)F. The summed E-state index contributed by atoms with van der Waals surface area (Å²) in [5.74, 6) is -8.13. The van der Waals surface area contributed by atoms with Gasteiger partial charge in [-0.25, -0.2) is 15.0 Å². The summed E-state index contributed by atoms with van der Waals surface area (Å²) in [4.78, 5) is 4.44. The molecule has 0 atom stereocenters. The van der Waals surface area contributed by atoms with E-state index < -0.39 is 64.8 Å². The lowest BCUT2D eigenvalue weighted by atomic mass is 9.82. The minimum atomic E-state index is -7.72. The predicted molar refractivity (Wildman–Crippen MR) is 64.5 cm³/mol. The van der Waals surface area contributed by atoms with Gasteiger partial charge >= 0.3 is 47.9 Å². The molecule has 33 heavy (non-hydrogen) atoms. The van der Waals surface area contributed by atoms with Gasteiger partial charge in [0.1, 0.15) is 0 Å². The van der Waals surface area contributed by atoms with E-state index in [1.807, 2.05) is 0 Å². The molecule has 0 spiro atoms. The van der Waals surface area contributed by atoms with Gasteiger partial charge in [-0.2, -0.15) is 79.0 Å². The Bertz CT molecular complexity index is 729. The molecule has 0 aliphatic carbocycles. The van der Waals surface area contributed by atoms with Crippen LogP contribution in [0.15, 0.2) is 0 Å². The molecule has 1 heterocycles. The Kier molecular flexibility index (Phi) is 6.63. The van der Waals surface area contributed by atoms with Gasteiger partial charge in [-0.05, 0) is 11.6 Å². The van der Waals surface area contributed by atoms with Gasteiger partial charge in [0.15, 0.2) is 11.6 Å².